The first-order chi connectivity index (χ1) is 9.60. The number of anilines is 2. The van der Waals surface area contributed by atoms with Crippen molar-refractivity contribution in [1.29, 1.82) is 0 Å². The van der Waals surface area contributed by atoms with Crippen LogP contribution in [0.1, 0.15) is 22.8 Å². The molecule has 1 amide bonds. The van der Waals surface area contributed by atoms with Gasteiger partial charge in [-0.25, -0.2) is 0 Å². The average molecular weight is 270 g/mol. The SMILES string of the molecule is CCOc1cccc(C(=O)Nc2ccc(C)cc2N)c1. The molecule has 0 aliphatic carbocycles. The summed E-state index contributed by atoms with van der Waals surface area (Å²) in [6.07, 6.45) is 0. The fourth-order valence-corrected chi connectivity index (χ4v) is 1.88. The van der Waals surface area contributed by atoms with Gasteiger partial charge in [0.1, 0.15) is 5.75 Å². The fraction of sp³-hybridized carbons (Fsp3) is 0.188. The Balaban J connectivity index is 2.17. The van der Waals surface area contributed by atoms with E-state index in [1.165, 1.54) is 0 Å². The first-order valence-electron chi connectivity index (χ1n) is 6.50. The van der Waals surface area contributed by atoms with Gasteiger partial charge in [0.05, 0.1) is 18.0 Å². The van der Waals surface area contributed by atoms with Crippen LogP contribution in [-0.4, -0.2) is 12.5 Å². The summed E-state index contributed by atoms with van der Waals surface area (Å²) >= 11 is 0. The maximum atomic E-state index is 12.2. The van der Waals surface area contributed by atoms with Crippen molar-refractivity contribution in [3.63, 3.8) is 0 Å². The molecule has 0 saturated heterocycles. The van der Waals surface area contributed by atoms with Gasteiger partial charge in [0, 0.05) is 5.56 Å². The first kappa shape index (κ1) is 13.9. The Hall–Kier alpha value is -2.49. The van der Waals surface area contributed by atoms with Gasteiger partial charge in [-0.3, -0.25) is 4.79 Å². The van der Waals surface area contributed by atoms with Gasteiger partial charge in [-0.05, 0) is 49.7 Å². The minimum absolute atomic E-state index is 0.206. The molecule has 2 aromatic rings. The highest BCUT2D eigenvalue weighted by Gasteiger charge is 2.09. The van der Waals surface area contributed by atoms with Crippen molar-refractivity contribution in [3.05, 3.63) is 53.6 Å². The standard InChI is InChI=1S/C16H18N2O2/c1-3-20-13-6-4-5-12(10-13)16(19)18-15-8-7-11(2)9-14(15)17/h4-10H,3,17H2,1-2H3,(H,18,19). The predicted molar refractivity (Wildman–Crippen MR) is 81.2 cm³/mol. The van der Waals surface area contributed by atoms with Gasteiger partial charge in [-0.1, -0.05) is 12.1 Å². The summed E-state index contributed by atoms with van der Waals surface area (Å²) in [6, 6.07) is 12.6. The van der Waals surface area contributed by atoms with Gasteiger partial charge in [0.2, 0.25) is 0 Å². The van der Waals surface area contributed by atoms with E-state index in [1.807, 2.05) is 32.0 Å². The fourth-order valence-electron chi connectivity index (χ4n) is 1.88. The summed E-state index contributed by atoms with van der Waals surface area (Å²) in [7, 11) is 0. The van der Waals surface area contributed by atoms with E-state index in [9.17, 15) is 4.79 Å². The van der Waals surface area contributed by atoms with Gasteiger partial charge in [0.25, 0.3) is 5.91 Å². The lowest BCUT2D eigenvalue weighted by Gasteiger charge is -2.10. The zero-order valence-corrected chi connectivity index (χ0v) is 11.6. The van der Waals surface area contributed by atoms with Crippen molar-refractivity contribution >= 4 is 17.3 Å². The van der Waals surface area contributed by atoms with Crippen molar-refractivity contribution < 1.29 is 9.53 Å². The minimum atomic E-state index is -0.206. The molecule has 3 N–H and O–H groups in total. The van der Waals surface area contributed by atoms with Crippen LogP contribution in [0.4, 0.5) is 11.4 Å². The number of nitrogen functional groups attached to an aromatic ring is 1. The first-order valence-corrected chi connectivity index (χ1v) is 6.50. The Kier molecular flexibility index (Phi) is 4.25. The molecule has 0 radical (unpaired) electrons. The van der Waals surface area contributed by atoms with E-state index in [-0.39, 0.29) is 5.91 Å². The van der Waals surface area contributed by atoms with E-state index in [4.69, 9.17) is 10.5 Å². The number of hydrogen-bond donors (Lipinski definition) is 2. The lowest BCUT2D eigenvalue weighted by Crippen LogP contribution is -2.13. The molecule has 2 rings (SSSR count). The number of hydrogen-bond acceptors (Lipinski definition) is 3. The maximum absolute atomic E-state index is 12.2. The van der Waals surface area contributed by atoms with Crippen molar-refractivity contribution in [1.82, 2.24) is 0 Å². The van der Waals surface area contributed by atoms with E-state index in [1.54, 1.807) is 24.3 Å². The Morgan fingerprint density at radius 2 is 2.05 bits per heavy atom. The van der Waals surface area contributed by atoms with Crippen LogP contribution in [0.25, 0.3) is 0 Å². The van der Waals surface area contributed by atoms with Crippen LogP contribution >= 0.6 is 0 Å². The Labute approximate surface area is 118 Å². The third kappa shape index (κ3) is 3.29. The van der Waals surface area contributed by atoms with E-state index in [2.05, 4.69) is 5.32 Å². The molecule has 0 fully saturated rings. The van der Waals surface area contributed by atoms with Crippen LogP contribution in [0, 0.1) is 6.92 Å². The lowest BCUT2D eigenvalue weighted by atomic mass is 10.1. The van der Waals surface area contributed by atoms with Gasteiger partial charge in [0.15, 0.2) is 0 Å². The third-order valence-electron chi connectivity index (χ3n) is 2.86. The molecular formula is C16H18N2O2. The Morgan fingerprint density at radius 1 is 1.25 bits per heavy atom. The second-order valence-corrected chi connectivity index (χ2v) is 4.51. The third-order valence-corrected chi connectivity index (χ3v) is 2.86. The molecule has 0 aromatic heterocycles. The summed E-state index contributed by atoms with van der Waals surface area (Å²) in [5.41, 5.74) is 8.65. The number of carbonyl (C=O) groups excluding carboxylic acids is 1. The largest absolute Gasteiger partial charge is 0.494 e. The molecule has 0 spiro atoms. The van der Waals surface area contributed by atoms with E-state index in [0.29, 0.717) is 29.3 Å². The second kappa shape index (κ2) is 6.10. The van der Waals surface area contributed by atoms with Gasteiger partial charge < -0.3 is 15.8 Å². The molecule has 20 heavy (non-hydrogen) atoms. The van der Waals surface area contributed by atoms with Crippen LogP contribution in [0.2, 0.25) is 0 Å². The van der Waals surface area contributed by atoms with Crippen LogP contribution < -0.4 is 15.8 Å². The summed E-state index contributed by atoms with van der Waals surface area (Å²) in [4.78, 5) is 12.2. The van der Waals surface area contributed by atoms with Gasteiger partial charge in [-0.2, -0.15) is 0 Å². The van der Waals surface area contributed by atoms with E-state index < -0.39 is 0 Å². The molecule has 0 aliphatic rings. The predicted octanol–water partition coefficient (Wildman–Crippen LogP) is 3.23. The van der Waals surface area contributed by atoms with Crippen LogP contribution in [0.5, 0.6) is 5.75 Å². The van der Waals surface area contributed by atoms with Crippen LogP contribution in [0.3, 0.4) is 0 Å². The Bertz CT molecular complexity index is 624. The number of ether oxygens (including phenoxy) is 1. The number of nitrogens with two attached hydrogens (primary N) is 1. The number of nitrogens with one attached hydrogen (secondary N) is 1. The van der Waals surface area contributed by atoms with Crippen molar-refractivity contribution in [2.75, 3.05) is 17.7 Å². The number of aryl methyl sites for hydroxylation is 1. The number of rotatable bonds is 4. The molecule has 0 heterocycles. The summed E-state index contributed by atoms with van der Waals surface area (Å²) in [5.74, 6) is 0.471. The zero-order valence-electron chi connectivity index (χ0n) is 11.6. The highest BCUT2D eigenvalue weighted by Crippen LogP contribution is 2.21. The molecule has 0 atom stereocenters. The van der Waals surface area contributed by atoms with E-state index >= 15 is 0 Å². The summed E-state index contributed by atoms with van der Waals surface area (Å²) in [6.45, 7) is 4.42. The van der Waals surface area contributed by atoms with Gasteiger partial charge >= 0.3 is 0 Å². The van der Waals surface area contributed by atoms with Crippen molar-refractivity contribution in [2.45, 2.75) is 13.8 Å². The molecule has 0 aliphatic heterocycles. The maximum Gasteiger partial charge on any atom is 0.255 e. The van der Waals surface area contributed by atoms with Crippen molar-refractivity contribution in [2.24, 2.45) is 0 Å². The van der Waals surface area contributed by atoms with Crippen LogP contribution in [0.15, 0.2) is 42.5 Å². The van der Waals surface area contributed by atoms with Crippen LogP contribution in [-0.2, 0) is 0 Å². The lowest BCUT2D eigenvalue weighted by molar-refractivity contribution is 0.102. The normalized spacial score (nSPS) is 10.1. The minimum Gasteiger partial charge on any atom is -0.494 e. The average Bonchev–Trinajstić information content (AvgIpc) is 2.42. The number of carbonyl (C=O) groups is 1. The molecule has 4 heteroatoms. The quantitative estimate of drug-likeness (QED) is 0.838. The summed E-state index contributed by atoms with van der Waals surface area (Å²) in [5, 5.41) is 2.80. The summed E-state index contributed by atoms with van der Waals surface area (Å²) < 4.78 is 5.38. The smallest absolute Gasteiger partial charge is 0.255 e. The highest BCUT2D eigenvalue weighted by atomic mass is 16.5. The molecule has 0 saturated carbocycles. The Morgan fingerprint density at radius 3 is 2.75 bits per heavy atom. The number of benzene rings is 2. The monoisotopic (exact) mass is 270 g/mol. The molecule has 0 unspecified atom stereocenters. The molecule has 4 nitrogen and oxygen atoms in total. The van der Waals surface area contributed by atoms with E-state index in [0.717, 1.165) is 5.56 Å². The second-order valence-electron chi connectivity index (χ2n) is 4.51. The molecular weight excluding hydrogens is 252 g/mol. The zero-order chi connectivity index (χ0) is 14.5. The molecule has 104 valence electrons. The molecule has 0 bridgehead atoms. The highest BCUT2D eigenvalue weighted by molar-refractivity contribution is 6.05. The van der Waals surface area contributed by atoms with Crippen molar-refractivity contribution in [3.8, 4) is 5.75 Å². The van der Waals surface area contributed by atoms with Gasteiger partial charge in [-0.15, -0.1) is 0 Å². The topological polar surface area (TPSA) is 64.3 Å². The number of amides is 1. The molecule has 2 aromatic carbocycles.